The Kier molecular flexibility index (Phi) is 8.10. The molecule has 1 fully saturated rings. The van der Waals surface area contributed by atoms with Gasteiger partial charge >= 0.3 is 0 Å². The highest BCUT2D eigenvalue weighted by Gasteiger charge is 2.27. The van der Waals surface area contributed by atoms with Gasteiger partial charge in [0.05, 0.1) is 33.5 Å². The molecule has 136 valence electrons. The summed E-state index contributed by atoms with van der Waals surface area (Å²) in [5.74, 6) is 1.65. The fraction of sp³-hybridized carbons (Fsp3) is 0.562. The molecule has 1 aliphatic heterocycles. The van der Waals surface area contributed by atoms with Gasteiger partial charge in [-0.2, -0.15) is 0 Å². The summed E-state index contributed by atoms with van der Waals surface area (Å²) in [6.45, 7) is 0.931. The largest absolute Gasteiger partial charge is 0.493 e. The molecule has 0 radical (unpaired) electrons. The minimum absolute atomic E-state index is 0. The normalized spacial score (nSPS) is 19.3. The van der Waals surface area contributed by atoms with E-state index in [4.69, 9.17) is 14.2 Å². The summed E-state index contributed by atoms with van der Waals surface area (Å²) in [4.78, 5) is 12.0. The van der Waals surface area contributed by atoms with Crippen LogP contribution in [0.5, 0.6) is 17.2 Å². The summed E-state index contributed by atoms with van der Waals surface area (Å²) in [7, 11) is 4.70. The van der Waals surface area contributed by atoms with Crippen LogP contribution in [0.4, 0.5) is 0 Å². The zero-order valence-corrected chi connectivity index (χ0v) is 14.9. The number of aliphatic hydroxyl groups excluding tert-OH is 1. The lowest BCUT2D eigenvalue weighted by Gasteiger charge is -2.16. The molecular weight excluding hydrogens is 336 g/mol. The van der Waals surface area contributed by atoms with Crippen molar-refractivity contribution < 1.29 is 24.1 Å². The van der Waals surface area contributed by atoms with Crippen LogP contribution in [0.15, 0.2) is 12.1 Å². The van der Waals surface area contributed by atoms with Crippen molar-refractivity contribution in [3.05, 3.63) is 17.7 Å². The fourth-order valence-corrected chi connectivity index (χ4v) is 2.72. The number of carbonyl (C=O) groups is 1. The molecule has 1 saturated heterocycles. The van der Waals surface area contributed by atoms with E-state index >= 15 is 0 Å². The summed E-state index contributed by atoms with van der Waals surface area (Å²) in [5, 5.41) is 15.3. The summed E-state index contributed by atoms with van der Waals surface area (Å²) < 4.78 is 16.0. The van der Waals surface area contributed by atoms with Gasteiger partial charge < -0.3 is 30.0 Å². The maximum atomic E-state index is 12.0. The van der Waals surface area contributed by atoms with E-state index in [1.54, 1.807) is 21.3 Å². The van der Waals surface area contributed by atoms with Crippen molar-refractivity contribution in [2.24, 2.45) is 0 Å². The summed E-state index contributed by atoms with van der Waals surface area (Å²) in [6, 6.07) is 3.38. The molecule has 0 spiro atoms. The van der Waals surface area contributed by atoms with E-state index in [-0.39, 0.29) is 24.4 Å². The summed E-state index contributed by atoms with van der Waals surface area (Å²) in [5.41, 5.74) is 0.921. The highest BCUT2D eigenvalue weighted by molar-refractivity contribution is 5.85. The van der Waals surface area contributed by atoms with Gasteiger partial charge in [0, 0.05) is 18.7 Å². The second-order valence-electron chi connectivity index (χ2n) is 5.38. The van der Waals surface area contributed by atoms with Crippen LogP contribution in [0.2, 0.25) is 0 Å². The van der Waals surface area contributed by atoms with E-state index in [1.165, 1.54) is 0 Å². The molecule has 0 bridgehead atoms. The molecule has 1 aromatic rings. The Bertz CT molecular complexity index is 556. The Morgan fingerprint density at radius 2 is 1.96 bits per heavy atom. The number of ether oxygens (including phenoxy) is 3. The smallest absolute Gasteiger partial charge is 0.237 e. The van der Waals surface area contributed by atoms with E-state index < -0.39 is 6.10 Å². The first-order valence-corrected chi connectivity index (χ1v) is 7.57. The number of β-amino-alcohol motifs (C(OH)–C–C–N with tert-alkyl or cyclic N) is 1. The number of nitrogens with one attached hydrogen (secondary N) is 2. The van der Waals surface area contributed by atoms with Gasteiger partial charge in [-0.25, -0.2) is 0 Å². The average molecular weight is 361 g/mol. The summed E-state index contributed by atoms with van der Waals surface area (Å²) in [6.07, 6.45) is 0.604. The van der Waals surface area contributed by atoms with Crippen molar-refractivity contribution in [1.82, 2.24) is 10.6 Å². The third-order valence-electron chi connectivity index (χ3n) is 3.90. The van der Waals surface area contributed by atoms with Crippen molar-refractivity contribution >= 4 is 18.3 Å². The lowest BCUT2D eigenvalue weighted by molar-refractivity contribution is -0.122. The Hall–Kier alpha value is -1.70. The van der Waals surface area contributed by atoms with Crippen molar-refractivity contribution in [3.8, 4) is 17.2 Å². The van der Waals surface area contributed by atoms with Crippen molar-refractivity contribution in [3.63, 3.8) is 0 Å². The predicted octanol–water partition coefficient (Wildman–Crippen LogP) is 0.516. The first kappa shape index (κ1) is 20.3. The average Bonchev–Trinajstić information content (AvgIpc) is 3.00. The maximum absolute atomic E-state index is 12.0. The molecule has 3 N–H and O–H groups in total. The molecule has 2 atom stereocenters. The van der Waals surface area contributed by atoms with Gasteiger partial charge in [0.25, 0.3) is 0 Å². The van der Waals surface area contributed by atoms with Gasteiger partial charge in [0.1, 0.15) is 0 Å². The van der Waals surface area contributed by atoms with E-state index in [2.05, 4.69) is 10.6 Å². The van der Waals surface area contributed by atoms with Gasteiger partial charge in [-0.15, -0.1) is 12.4 Å². The molecule has 0 saturated carbocycles. The molecule has 1 amide bonds. The number of rotatable bonds is 7. The van der Waals surface area contributed by atoms with Gasteiger partial charge in [-0.3, -0.25) is 4.79 Å². The van der Waals surface area contributed by atoms with Crippen molar-refractivity contribution in [1.29, 1.82) is 0 Å². The highest BCUT2D eigenvalue weighted by atomic mass is 35.5. The molecule has 0 aliphatic carbocycles. The molecular formula is C16H25ClN2O5. The van der Waals surface area contributed by atoms with Crippen LogP contribution in [-0.2, 0) is 11.2 Å². The topological polar surface area (TPSA) is 89.1 Å². The zero-order valence-electron chi connectivity index (χ0n) is 14.1. The quantitative estimate of drug-likeness (QED) is 0.657. The van der Waals surface area contributed by atoms with Crippen LogP contribution < -0.4 is 24.8 Å². The third-order valence-corrected chi connectivity index (χ3v) is 3.90. The standard InChI is InChI=1S/C16H24N2O5.ClH/c1-21-13-5-4-10(14(22-2)15(13)23-3)6-7-17-16(20)12-8-11(19)9-18-12;/h4-5,11-12,18-19H,6-9H2,1-3H3,(H,17,20);1H. The van der Waals surface area contributed by atoms with Crippen molar-refractivity contribution in [2.45, 2.75) is 25.0 Å². The predicted molar refractivity (Wildman–Crippen MR) is 92.5 cm³/mol. The number of carbonyl (C=O) groups excluding carboxylic acids is 1. The van der Waals surface area contributed by atoms with Crippen LogP contribution in [-0.4, -0.2) is 57.6 Å². The van der Waals surface area contributed by atoms with Crippen LogP contribution in [0.3, 0.4) is 0 Å². The molecule has 1 aromatic carbocycles. The molecule has 2 unspecified atom stereocenters. The molecule has 1 heterocycles. The van der Waals surface area contributed by atoms with E-state index in [9.17, 15) is 9.90 Å². The fourth-order valence-electron chi connectivity index (χ4n) is 2.72. The first-order chi connectivity index (χ1) is 11.1. The molecule has 0 aromatic heterocycles. The molecule has 2 rings (SSSR count). The maximum Gasteiger partial charge on any atom is 0.237 e. The van der Waals surface area contributed by atoms with Crippen LogP contribution in [0, 0.1) is 0 Å². The van der Waals surface area contributed by atoms with Gasteiger partial charge in [0.15, 0.2) is 11.5 Å². The number of halogens is 1. The van der Waals surface area contributed by atoms with Crippen LogP contribution in [0.1, 0.15) is 12.0 Å². The van der Waals surface area contributed by atoms with Crippen molar-refractivity contribution in [2.75, 3.05) is 34.4 Å². The number of aliphatic hydroxyl groups is 1. The van der Waals surface area contributed by atoms with E-state index in [0.717, 1.165) is 5.56 Å². The summed E-state index contributed by atoms with van der Waals surface area (Å²) >= 11 is 0. The number of benzene rings is 1. The number of amides is 1. The minimum Gasteiger partial charge on any atom is -0.493 e. The van der Waals surface area contributed by atoms with Gasteiger partial charge in [0.2, 0.25) is 11.7 Å². The van der Waals surface area contributed by atoms with Crippen LogP contribution in [0.25, 0.3) is 0 Å². The lowest BCUT2D eigenvalue weighted by Crippen LogP contribution is -2.41. The minimum atomic E-state index is -0.448. The Labute approximate surface area is 148 Å². The highest BCUT2D eigenvalue weighted by Crippen LogP contribution is 2.39. The second kappa shape index (κ2) is 9.56. The number of hydrogen-bond donors (Lipinski definition) is 3. The lowest BCUT2D eigenvalue weighted by atomic mass is 10.1. The SMILES string of the molecule is COc1ccc(CCNC(=O)C2CC(O)CN2)c(OC)c1OC.Cl. The van der Waals surface area contributed by atoms with Crippen LogP contribution >= 0.6 is 12.4 Å². The van der Waals surface area contributed by atoms with Gasteiger partial charge in [-0.05, 0) is 18.9 Å². The molecule has 24 heavy (non-hydrogen) atoms. The Morgan fingerprint density at radius 1 is 1.25 bits per heavy atom. The monoisotopic (exact) mass is 360 g/mol. The Morgan fingerprint density at radius 3 is 2.50 bits per heavy atom. The molecule has 8 heteroatoms. The second-order valence-corrected chi connectivity index (χ2v) is 5.38. The molecule has 7 nitrogen and oxygen atoms in total. The first-order valence-electron chi connectivity index (χ1n) is 7.57. The Balaban J connectivity index is 0.00000288. The zero-order chi connectivity index (χ0) is 16.8. The number of methoxy groups -OCH3 is 3. The third kappa shape index (κ3) is 4.66. The number of hydrogen-bond acceptors (Lipinski definition) is 6. The van der Waals surface area contributed by atoms with E-state index in [1.807, 2.05) is 12.1 Å². The molecule has 1 aliphatic rings. The van der Waals surface area contributed by atoms with Gasteiger partial charge in [-0.1, -0.05) is 6.07 Å². The van der Waals surface area contributed by atoms with E-state index in [0.29, 0.717) is 43.2 Å².